The molecule has 0 bridgehead atoms. The van der Waals surface area contributed by atoms with E-state index in [1.54, 1.807) is 18.3 Å². The van der Waals surface area contributed by atoms with Gasteiger partial charge in [-0.15, -0.1) is 0 Å². The predicted octanol–water partition coefficient (Wildman–Crippen LogP) is 0.625. The molecule has 5 heteroatoms. The lowest BCUT2D eigenvalue weighted by molar-refractivity contribution is -0.117. The van der Waals surface area contributed by atoms with E-state index in [0.717, 1.165) is 25.1 Å². The van der Waals surface area contributed by atoms with Crippen LogP contribution < -0.4 is 11.1 Å². The molecule has 1 saturated heterocycles. The van der Waals surface area contributed by atoms with Crippen molar-refractivity contribution in [2.75, 3.05) is 6.61 Å². The van der Waals surface area contributed by atoms with Crippen LogP contribution in [0, 0.1) is 12.8 Å². The van der Waals surface area contributed by atoms with Crippen LogP contribution in [-0.4, -0.2) is 35.7 Å². The number of amides is 1. The minimum atomic E-state index is -0.0985. The summed E-state index contributed by atoms with van der Waals surface area (Å²) >= 11 is 0. The van der Waals surface area contributed by atoms with Crippen LogP contribution in [0.4, 0.5) is 0 Å². The van der Waals surface area contributed by atoms with Crippen LogP contribution in [0.3, 0.4) is 0 Å². The smallest absolute Gasteiger partial charge is 0.251 e. The summed E-state index contributed by atoms with van der Waals surface area (Å²) in [7, 11) is 0. The summed E-state index contributed by atoms with van der Waals surface area (Å²) in [4.78, 5) is 16.3. The van der Waals surface area contributed by atoms with Crippen LogP contribution in [0.1, 0.15) is 28.9 Å². The summed E-state index contributed by atoms with van der Waals surface area (Å²) in [5.74, 6) is 0.303. The molecule has 4 atom stereocenters. The minimum Gasteiger partial charge on any atom is -0.376 e. The number of carbonyl (C=O) groups is 1. The maximum Gasteiger partial charge on any atom is 0.251 e. The highest BCUT2D eigenvalue weighted by Gasteiger charge is 2.51. The number of ether oxygens (including phenoxy) is 1. The highest BCUT2D eigenvalue weighted by atomic mass is 16.5. The fourth-order valence-corrected chi connectivity index (χ4v) is 3.05. The van der Waals surface area contributed by atoms with Crippen molar-refractivity contribution in [3.8, 4) is 0 Å². The minimum absolute atomic E-state index is 0.0113. The van der Waals surface area contributed by atoms with Gasteiger partial charge in [0.05, 0.1) is 12.1 Å². The third kappa shape index (κ3) is 2.24. The van der Waals surface area contributed by atoms with Crippen LogP contribution >= 0.6 is 0 Å². The first kappa shape index (κ1) is 12.6. The fourth-order valence-electron chi connectivity index (χ4n) is 3.05. The van der Waals surface area contributed by atoms with E-state index in [2.05, 4.69) is 10.3 Å². The number of pyridine rings is 1. The number of nitrogens with zero attached hydrogens (tertiary/aromatic N) is 1. The number of aromatic nitrogens is 1. The Morgan fingerprint density at radius 2 is 2.42 bits per heavy atom. The highest BCUT2D eigenvalue weighted by molar-refractivity contribution is 5.94. The zero-order chi connectivity index (χ0) is 13.4. The number of hydrogen-bond donors (Lipinski definition) is 2. The average Bonchev–Trinajstić information content (AvgIpc) is 2.44. The van der Waals surface area contributed by atoms with Crippen LogP contribution in [0.25, 0.3) is 0 Å². The molecule has 1 aliphatic carbocycles. The van der Waals surface area contributed by atoms with Gasteiger partial charge in [-0.3, -0.25) is 9.78 Å². The molecule has 1 aliphatic heterocycles. The van der Waals surface area contributed by atoms with Gasteiger partial charge in [0.1, 0.15) is 0 Å². The van der Waals surface area contributed by atoms with E-state index in [0.29, 0.717) is 11.5 Å². The first-order valence-electron chi connectivity index (χ1n) is 6.77. The molecule has 1 amide bonds. The van der Waals surface area contributed by atoms with Gasteiger partial charge >= 0.3 is 0 Å². The van der Waals surface area contributed by atoms with E-state index in [-0.39, 0.29) is 24.1 Å². The van der Waals surface area contributed by atoms with Crippen molar-refractivity contribution >= 4 is 5.91 Å². The maximum atomic E-state index is 12.2. The molecule has 4 unspecified atom stereocenters. The highest BCUT2D eigenvalue weighted by Crippen LogP contribution is 2.37. The monoisotopic (exact) mass is 261 g/mol. The maximum absolute atomic E-state index is 12.2. The van der Waals surface area contributed by atoms with Crippen LogP contribution in [0.2, 0.25) is 0 Å². The molecule has 0 spiro atoms. The quantitative estimate of drug-likeness (QED) is 0.818. The first-order chi connectivity index (χ1) is 9.16. The summed E-state index contributed by atoms with van der Waals surface area (Å²) in [6.45, 7) is 2.64. The van der Waals surface area contributed by atoms with Gasteiger partial charge in [-0.1, -0.05) is 0 Å². The third-order valence-corrected chi connectivity index (χ3v) is 4.13. The third-order valence-electron chi connectivity index (χ3n) is 4.13. The Labute approximate surface area is 112 Å². The molecule has 1 aromatic rings. The summed E-state index contributed by atoms with van der Waals surface area (Å²) in [6, 6.07) is 3.44. The van der Waals surface area contributed by atoms with Gasteiger partial charge in [-0.2, -0.15) is 0 Å². The lowest BCUT2D eigenvalue weighted by Gasteiger charge is -2.52. The van der Waals surface area contributed by atoms with Gasteiger partial charge in [0.15, 0.2) is 0 Å². The largest absolute Gasteiger partial charge is 0.376 e. The SMILES string of the molecule is Cc1cc(C(=O)NC2C(N)C3CCCOC32)ccn1. The van der Waals surface area contributed by atoms with Gasteiger partial charge in [-0.25, -0.2) is 0 Å². The van der Waals surface area contributed by atoms with Gasteiger partial charge in [-0.05, 0) is 31.9 Å². The Kier molecular flexibility index (Phi) is 3.24. The molecule has 5 nitrogen and oxygen atoms in total. The normalized spacial score (nSPS) is 33.2. The number of rotatable bonds is 2. The topological polar surface area (TPSA) is 77.2 Å². The van der Waals surface area contributed by atoms with E-state index in [9.17, 15) is 4.79 Å². The second-order valence-electron chi connectivity index (χ2n) is 5.40. The van der Waals surface area contributed by atoms with Gasteiger partial charge in [0, 0.05) is 36.0 Å². The van der Waals surface area contributed by atoms with E-state index in [4.69, 9.17) is 10.5 Å². The molecule has 3 N–H and O–H groups in total. The van der Waals surface area contributed by atoms with E-state index >= 15 is 0 Å². The van der Waals surface area contributed by atoms with Crippen molar-refractivity contribution in [3.63, 3.8) is 0 Å². The Morgan fingerprint density at radius 1 is 1.58 bits per heavy atom. The van der Waals surface area contributed by atoms with Crippen LogP contribution in [0.15, 0.2) is 18.3 Å². The second kappa shape index (κ2) is 4.90. The number of fused-ring (bicyclic) bond motifs is 1. The molecule has 2 aliphatic rings. The number of carbonyl (C=O) groups excluding carboxylic acids is 1. The van der Waals surface area contributed by atoms with E-state index < -0.39 is 0 Å². The molecule has 0 aromatic carbocycles. The summed E-state index contributed by atoms with van der Waals surface area (Å²) in [5, 5.41) is 2.99. The molecular weight excluding hydrogens is 242 g/mol. The molecule has 1 saturated carbocycles. The number of hydrogen-bond acceptors (Lipinski definition) is 4. The molecule has 0 radical (unpaired) electrons. The number of nitrogens with two attached hydrogens (primary N) is 1. The Bertz CT molecular complexity index is 491. The summed E-state index contributed by atoms with van der Waals surface area (Å²) in [5.41, 5.74) is 7.58. The molecule has 3 rings (SSSR count). The molecule has 2 heterocycles. The van der Waals surface area contributed by atoms with Crippen molar-refractivity contribution in [2.45, 2.75) is 38.0 Å². The molecule has 19 heavy (non-hydrogen) atoms. The lowest BCUT2D eigenvalue weighted by atomic mass is 9.68. The molecule has 1 aromatic heterocycles. The van der Waals surface area contributed by atoms with Gasteiger partial charge in [0.25, 0.3) is 5.91 Å². The Morgan fingerprint density at radius 3 is 3.21 bits per heavy atom. The fraction of sp³-hybridized carbons (Fsp3) is 0.571. The lowest BCUT2D eigenvalue weighted by Crippen LogP contribution is -2.72. The number of aryl methyl sites for hydroxylation is 1. The van der Waals surface area contributed by atoms with Crippen molar-refractivity contribution < 1.29 is 9.53 Å². The van der Waals surface area contributed by atoms with Gasteiger partial charge in [0.2, 0.25) is 0 Å². The van der Waals surface area contributed by atoms with Crippen molar-refractivity contribution in [3.05, 3.63) is 29.6 Å². The van der Waals surface area contributed by atoms with Gasteiger partial charge < -0.3 is 15.8 Å². The number of nitrogens with one attached hydrogen (secondary N) is 1. The Hall–Kier alpha value is -1.46. The molecular formula is C14H19N3O2. The summed E-state index contributed by atoms with van der Waals surface area (Å²) in [6.07, 6.45) is 3.91. The molecule has 102 valence electrons. The standard InChI is InChI=1S/C14H19N3O2/c1-8-7-9(4-5-16-8)14(18)17-12-11(15)10-3-2-6-19-13(10)12/h4-5,7,10-13H,2-3,6,15H2,1H3,(H,17,18). The van der Waals surface area contributed by atoms with Crippen molar-refractivity contribution in [2.24, 2.45) is 11.7 Å². The van der Waals surface area contributed by atoms with E-state index in [1.165, 1.54) is 0 Å². The van der Waals surface area contributed by atoms with E-state index in [1.807, 2.05) is 6.92 Å². The molecule has 2 fully saturated rings. The predicted molar refractivity (Wildman–Crippen MR) is 70.7 cm³/mol. The van der Waals surface area contributed by atoms with Crippen molar-refractivity contribution in [1.29, 1.82) is 0 Å². The van der Waals surface area contributed by atoms with Crippen molar-refractivity contribution in [1.82, 2.24) is 10.3 Å². The van der Waals surface area contributed by atoms with Crippen LogP contribution in [0.5, 0.6) is 0 Å². The average molecular weight is 261 g/mol. The van der Waals surface area contributed by atoms with Crippen LogP contribution in [-0.2, 0) is 4.74 Å². The zero-order valence-electron chi connectivity index (χ0n) is 11.0. The Balaban J connectivity index is 1.67. The second-order valence-corrected chi connectivity index (χ2v) is 5.40. The zero-order valence-corrected chi connectivity index (χ0v) is 11.0. The first-order valence-corrected chi connectivity index (χ1v) is 6.77. The summed E-state index contributed by atoms with van der Waals surface area (Å²) < 4.78 is 5.71.